The third kappa shape index (κ3) is 3.71. The molecule has 1 atom stereocenters. The first-order valence-electron chi connectivity index (χ1n) is 7.54. The topological polar surface area (TPSA) is 91.1 Å². The van der Waals surface area contributed by atoms with Crippen LogP contribution in [0.3, 0.4) is 0 Å². The average molecular weight is 365 g/mol. The monoisotopic (exact) mass is 364 g/mol. The highest BCUT2D eigenvalue weighted by molar-refractivity contribution is 7.89. The molecule has 0 aromatic carbocycles. The number of aliphatic carboxylic acids is 1. The third-order valence-electron chi connectivity index (χ3n) is 4.30. The first-order valence-corrected chi connectivity index (χ1v) is 8.98. The Morgan fingerprint density at radius 3 is 2.57 bits per heavy atom. The van der Waals surface area contributed by atoms with E-state index in [-0.39, 0.29) is 17.5 Å². The summed E-state index contributed by atoms with van der Waals surface area (Å²) in [5.74, 6) is -0.347. The number of hydrogen-bond acceptors (Lipinski definition) is 5. The van der Waals surface area contributed by atoms with Crippen molar-refractivity contribution in [1.82, 2.24) is 9.21 Å². The molecule has 2 fully saturated rings. The van der Waals surface area contributed by atoms with E-state index in [1.54, 1.807) is 6.07 Å². The highest BCUT2D eigenvalue weighted by Crippen LogP contribution is 2.25. The second kappa shape index (κ2) is 7.21. The van der Waals surface area contributed by atoms with Crippen molar-refractivity contribution < 1.29 is 22.7 Å². The van der Waals surface area contributed by atoms with Crippen LogP contribution in [-0.4, -0.2) is 54.4 Å². The Morgan fingerprint density at radius 2 is 1.91 bits per heavy atom. The lowest BCUT2D eigenvalue weighted by Gasteiger charge is -2.19. The predicted molar refractivity (Wildman–Crippen MR) is 85.0 cm³/mol. The number of nitrogens with zero attached hydrogens (tertiary/aromatic N) is 2. The normalized spacial score (nSPS) is 23.0. The molecule has 0 radical (unpaired) electrons. The van der Waals surface area contributed by atoms with Gasteiger partial charge in [-0.1, -0.05) is 0 Å². The van der Waals surface area contributed by atoms with E-state index >= 15 is 0 Å². The summed E-state index contributed by atoms with van der Waals surface area (Å²) in [6, 6.07) is 2.58. The van der Waals surface area contributed by atoms with E-state index in [9.17, 15) is 13.2 Å². The van der Waals surface area contributed by atoms with Crippen LogP contribution >= 0.6 is 12.4 Å². The van der Waals surface area contributed by atoms with Gasteiger partial charge >= 0.3 is 5.97 Å². The van der Waals surface area contributed by atoms with E-state index in [0.29, 0.717) is 38.4 Å². The average Bonchev–Trinajstić information content (AvgIpc) is 3.21. The Hall–Kier alpha value is -1.09. The van der Waals surface area contributed by atoms with Gasteiger partial charge < -0.3 is 9.52 Å². The highest BCUT2D eigenvalue weighted by Gasteiger charge is 2.33. The van der Waals surface area contributed by atoms with Gasteiger partial charge in [0.25, 0.3) is 10.0 Å². The molecule has 1 aromatic heterocycles. The molecule has 0 bridgehead atoms. The van der Waals surface area contributed by atoms with Crippen LogP contribution in [0.25, 0.3) is 0 Å². The fourth-order valence-corrected chi connectivity index (χ4v) is 4.58. The summed E-state index contributed by atoms with van der Waals surface area (Å²) >= 11 is 0. The van der Waals surface area contributed by atoms with Gasteiger partial charge in [0, 0.05) is 13.1 Å². The molecule has 9 heteroatoms. The van der Waals surface area contributed by atoms with Gasteiger partial charge in [-0.2, -0.15) is 4.31 Å². The molecular weight excluding hydrogens is 344 g/mol. The molecule has 1 aromatic rings. The SMILES string of the molecule is Cl.O=C(O)C1CCCN1Cc1ccc(S(=O)(=O)N2CCCC2)o1. The summed E-state index contributed by atoms with van der Waals surface area (Å²) in [7, 11) is -3.55. The molecule has 0 amide bonds. The molecule has 0 aliphatic carbocycles. The van der Waals surface area contributed by atoms with Crippen LogP contribution in [0.4, 0.5) is 0 Å². The maximum absolute atomic E-state index is 12.4. The summed E-state index contributed by atoms with van der Waals surface area (Å²) in [4.78, 5) is 13.0. The van der Waals surface area contributed by atoms with Gasteiger partial charge in [-0.3, -0.25) is 9.69 Å². The lowest BCUT2D eigenvalue weighted by Crippen LogP contribution is -2.35. The van der Waals surface area contributed by atoms with Gasteiger partial charge in [-0.05, 0) is 44.4 Å². The second-order valence-corrected chi connectivity index (χ2v) is 7.67. The predicted octanol–water partition coefficient (Wildman–Crippen LogP) is 1.53. The molecule has 3 rings (SSSR count). The van der Waals surface area contributed by atoms with Crippen LogP contribution in [0.15, 0.2) is 21.6 Å². The minimum Gasteiger partial charge on any atom is -0.480 e. The molecule has 1 N–H and O–H groups in total. The van der Waals surface area contributed by atoms with Gasteiger partial charge in [0.05, 0.1) is 6.54 Å². The number of carbonyl (C=O) groups is 1. The Morgan fingerprint density at radius 1 is 1.22 bits per heavy atom. The number of halogens is 1. The second-order valence-electron chi connectivity index (χ2n) is 5.80. The highest BCUT2D eigenvalue weighted by atomic mass is 35.5. The summed E-state index contributed by atoms with van der Waals surface area (Å²) in [6.07, 6.45) is 3.20. The van der Waals surface area contributed by atoms with Crippen molar-refractivity contribution in [3.63, 3.8) is 0 Å². The molecule has 2 saturated heterocycles. The molecule has 3 heterocycles. The maximum atomic E-state index is 12.4. The first-order chi connectivity index (χ1) is 10.5. The minimum absolute atomic E-state index is 0. The smallest absolute Gasteiger partial charge is 0.320 e. The Kier molecular flexibility index (Phi) is 5.72. The van der Waals surface area contributed by atoms with E-state index in [2.05, 4.69) is 0 Å². The van der Waals surface area contributed by atoms with Crippen molar-refractivity contribution in [3.8, 4) is 0 Å². The number of furan rings is 1. The van der Waals surface area contributed by atoms with Crippen LogP contribution in [-0.2, 0) is 21.4 Å². The van der Waals surface area contributed by atoms with Gasteiger partial charge in [0.15, 0.2) is 0 Å². The molecule has 1 unspecified atom stereocenters. The number of hydrogen-bond donors (Lipinski definition) is 1. The van der Waals surface area contributed by atoms with E-state index in [1.807, 2.05) is 4.90 Å². The van der Waals surface area contributed by atoms with E-state index in [0.717, 1.165) is 19.3 Å². The zero-order valence-corrected chi connectivity index (χ0v) is 14.3. The van der Waals surface area contributed by atoms with Crippen molar-refractivity contribution in [3.05, 3.63) is 17.9 Å². The van der Waals surface area contributed by atoms with Crippen molar-refractivity contribution in [2.24, 2.45) is 0 Å². The Balaban J connectivity index is 0.00000192. The number of likely N-dealkylation sites (tertiary alicyclic amines) is 1. The molecule has 2 aliphatic heterocycles. The fraction of sp³-hybridized carbons (Fsp3) is 0.643. The van der Waals surface area contributed by atoms with Crippen LogP contribution < -0.4 is 0 Å². The van der Waals surface area contributed by atoms with E-state index in [1.165, 1.54) is 10.4 Å². The number of sulfonamides is 1. The molecule has 130 valence electrons. The molecule has 0 spiro atoms. The van der Waals surface area contributed by atoms with E-state index in [4.69, 9.17) is 9.52 Å². The standard InChI is InChI=1S/C14H20N2O5S.ClH/c17-14(18)12-4-3-7-15(12)10-11-5-6-13(21-11)22(19,20)16-8-1-2-9-16;/h5-6,12H,1-4,7-10H2,(H,17,18);1H. The van der Waals surface area contributed by atoms with Crippen molar-refractivity contribution >= 4 is 28.4 Å². The van der Waals surface area contributed by atoms with Gasteiger partial charge in [0.2, 0.25) is 5.09 Å². The number of carboxylic acids is 1. The van der Waals surface area contributed by atoms with Crippen molar-refractivity contribution in [1.29, 1.82) is 0 Å². The van der Waals surface area contributed by atoms with Gasteiger partial charge in [-0.15, -0.1) is 12.4 Å². The number of carboxylic acid groups (broad SMARTS) is 1. The quantitative estimate of drug-likeness (QED) is 0.852. The van der Waals surface area contributed by atoms with Crippen LogP contribution in [0, 0.1) is 0 Å². The van der Waals surface area contributed by atoms with Gasteiger partial charge in [0.1, 0.15) is 11.8 Å². The Labute approximate surface area is 141 Å². The van der Waals surface area contributed by atoms with Crippen LogP contribution in [0.2, 0.25) is 0 Å². The van der Waals surface area contributed by atoms with Crippen LogP contribution in [0.5, 0.6) is 0 Å². The molecule has 0 saturated carbocycles. The Bertz CT molecular complexity index is 654. The minimum atomic E-state index is -3.55. The first kappa shape index (κ1) is 18.3. The zero-order chi connectivity index (χ0) is 15.7. The van der Waals surface area contributed by atoms with Gasteiger partial charge in [-0.25, -0.2) is 8.42 Å². The van der Waals surface area contributed by atoms with Crippen molar-refractivity contribution in [2.75, 3.05) is 19.6 Å². The molecule has 23 heavy (non-hydrogen) atoms. The molecule has 7 nitrogen and oxygen atoms in total. The summed E-state index contributed by atoms with van der Waals surface area (Å²) in [5.41, 5.74) is 0. The number of rotatable bonds is 5. The summed E-state index contributed by atoms with van der Waals surface area (Å²) < 4.78 is 31.7. The zero-order valence-electron chi connectivity index (χ0n) is 12.7. The molecular formula is C14H21ClN2O5S. The maximum Gasteiger partial charge on any atom is 0.320 e. The summed E-state index contributed by atoms with van der Waals surface area (Å²) in [6.45, 7) is 2.08. The molecule has 2 aliphatic rings. The van der Waals surface area contributed by atoms with Crippen molar-refractivity contribution in [2.45, 2.75) is 43.4 Å². The lowest BCUT2D eigenvalue weighted by atomic mass is 10.2. The van der Waals surface area contributed by atoms with E-state index < -0.39 is 22.0 Å². The van der Waals surface area contributed by atoms with Crippen LogP contribution in [0.1, 0.15) is 31.4 Å². The fourth-order valence-electron chi connectivity index (χ4n) is 3.13. The lowest BCUT2D eigenvalue weighted by molar-refractivity contribution is -0.142. The largest absolute Gasteiger partial charge is 0.480 e. The third-order valence-corrected chi connectivity index (χ3v) is 6.08. The summed E-state index contributed by atoms with van der Waals surface area (Å²) in [5, 5.41) is 9.12.